The predicted molar refractivity (Wildman–Crippen MR) is 61.4 cm³/mol. The Kier molecular flexibility index (Phi) is 5.35. The second kappa shape index (κ2) is 5.50. The monoisotopic (exact) mass is 199 g/mol. The third-order valence-electron chi connectivity index (χ3n) is 2.71. The molecule has 0 aromatic rings. The summed E-state index contributed by atoms with van der Waals surface area (Å²) >= 11 is 0. The average molecular weight is 199 g/mol. The zero-order valence-electron chi connectivity index (χ0n) is 10.6. The van der Waals surface area contributed by atoms with Crippen LogP contribution in [-0.2, 0) is 4.79 Å². The summed E-state index contributed by atoms with van der Waals surface area (Å²) in [5.74, 6) is 1.01. The van der Waals surface area contributed by atoms with Crippen molar-refractivity contribution < 1.29 is 4.79 Å². The molecule has 0 N–H and O–H groups in total. The van der Waals surface area contributed by atoms with Gasteiger partial charge in [-0.1, -0.05) is 27.7 Å². The number of carbonyl (C=O) groups is 1. The van der Waals surface area contributed by atoms with E-state index in [-0.39, 0.29) is 11.2 Å². The van der Waals surface area contributed by atoms with E-state index in [9.17, 15) is 4.79 Å². The van der Waals surface area contributed by atoms with E-state index in [2.05, 4.69) is 25.8 Å². The van der Waals surface area contributed by atoms with Crippen LogP contribution in [0.1, 0.15) is 41.0 Å². The van der Waals surface area contributed by atoms with E-state index in [1.807, 2.05) is 13.8 Å². The van der Waals surface area contributed by atoms with E-state index in [1.165, 1.54) is 6.42 Å². The van der Waals surface area contributed by atoms with Crippen LogP contribution in [-0.4, -0.2) is 30.8 Å². The van der Waals surface area contributed by atoms with Crippen LogP contribution in [0.4, 0.5) is 0 Å². The number of ketones is 1. The summed E-state index contributed by atoms with van der Waals surface area (Å²) in [7, 11) is 2.09. The van der Waals surface area contributed by atoms with Crippen LogP contribution in [0.5, 0.6) is 0 Å². The molecule has 0 unspecified atom stereocenters. The Bertz CT molecular complexity index is 185. The van der Waals surface area contributed by atoms with Gasteiger partial charge in [0.2, 0.25) is 0 Å². The molecule has 0 saturated heterocycles. The number of carbonyl (C=O) groups excluding carboxylic acids is 1. The predicted octanol–water partition coefficient (Wildman–Crippen LogP) is 2.58. The largest absolute Gasteiger partial charge is 0.305 e. The number of hydrogen-bond acceptors (Lipinski definition) is 2. The molecule has 0 rings (SSSR count). The molecule has 0 bridgehead atoms. The molecule has 0 radical (unpaired) electrons. The Morgan fingerprint density at radius 3 is 2.21 bits per heavy atom. The second-order valence-corrected chi connectivity index (χ2v) is 5.36. The van der Waals surface area contributed by atoms with Gasteiger partial charge in [0.25, 0.3) is 0 Å². The molecule has 0 aromatic heterocycles. The summed E-state index contributed by atoms with van der Waals surface area (Å²) in [6.07, 6.45) is 1.20. The number of rotatable bonds is 6. The number of nitrogens with zero attached hydrogens (tertiary/aromatic N) is 1. The zero-order valence-corrected chi connectivity index (χ0v) is 10.6. The van der Waals surface area contributed by atoms with Crippen LogP contribution < -0.4 is 0 Å². The van der Waals surface area contributed by atoms with E-state index in [0.717, 1.165) is 19.0 Å². The molecule has 14 heavy (non-hydrogen) atoms. The van der Waals surface area contributed by atoms with Gasteiger partial charge in [0.15, 0.2) is 0 Å². The van der Waals surface area contributed by atoms with E-state index in [0.29, 0.717) is 0 Å². The van der Waals surface area contributed by atoms with Crippen molar-refractivity contribution in [1.29, 1.82) is 0 Å². The average Bonchev–Trinajstić information content (AvgIpc) is 1.99. The minimum absolute atomic E-state index is 0.203. The molecule has 84 valence electrons. The zero-order chi connectivity index (χ0) is 11.4. The first-order valence-electron chi connectivity index (χ1n) is 5.45. The summed E-state index contributed by atoms with van der Waals surface area (Å²) in [6, 6.07) is 0. The fourth-order valence-corrected chi connectivity index (χ4v) is 1.34. The van der Waals surface area contributed by atoms with E-state index >= 15 is 0 Å². The highest BCUT2D eigenvalue weighted by atomic mass is 16.1. The van der Waals surface area contributed by atoms with Crippen molar-refractivity contribution >= 4 is 5.78 Å². The summed E-state index contributed by atoms with van der Waals surface area (Å²) in [5, 5.41) is 0. The lowest BCUT2D eigenvalue weighted by molar-refractivity contribution is -0.125. The van der Waals surface area contributed by atoms with Crippen LogP contribution in [0.15, 0.2) is 0 Å². The van der Waals surface area contributed by atoms with Gasteiger partial charge in [-0.3, -0.25) is 4.79 Å². The SMILES string of the molecule is CC(=O)C(C)(C)CN(C)CCC(C)C. The smallest absolute Gasteiger partial charge is 0.136 e. The topological polar surface area (TPSA) is 20.3 Å². The Morgan fingerprint density at radius 2 is 1.86 bits per heavy atom. The van der Waals surface area contributed by atoms with Crippen molar-refractivity contribution in [3.63, 3.8) is 0 Å². The molecular formula is C12H25NO. The summed E-state index contributed by atoms with van der Waals surface area (Å²) in [6.45, 7) is 12.1. The lowest BCUT2D eigenvalue weighted by atomic mass is 9.88. The molecular weight excluding hydrogens is 174 g/mol. The van der Waals surface area contributed by atoms with E-state index in [1.54, 1.807) is 6.92 Å². The molecule has 0 fully saturated rings. The van der Waals surface area contributed by atoms with Gasteiger partial charge in [-0.25, -0.2) is 0 Å². The molecule has 0 aliphatic heterocycles. The van der Waals surface area contributed by atoms with Crippen molar-refractivity contribution in [3.8, 4) is 0 Å². The standard InChI is InChI=1S/C12H25NO/c1-10(2)7-8-13(6)9-12(4,5)11(3)14/h10H,7-9H2,1-6H3. The highest BCUT2D eigenvalue weighted by Crippen LogP contribution is 2.17. The summed E-state index contributed by atoms with van der Waals surface area (Å²) in [5.41, 5.74) is -0.203. The van der Waals surface area contributed by atoms with Crippen LogP contribution in [0, 0.1) is 11.3 Å². The first-order chi connectivity index (χ1) is 6.25. The maximum absolute atomic E-state index is 11.3. The molecule has 0 saturated carbocycles. The molecule has 2 heteroatoms. The lowest BCUT2D eigenvalue weighted by Crippen LogP contribution is -2.36. The van der Waals surface area contributed by atoms with Crippen molar-refractivity contribution in [2.75, 3.05) is 20.1 Å². The summed E-state index contributed by atoms with van der Waals surface area (Å²) in [4.78, 5) is 13.6. The maximum atomic E-state index is 11.3. The van der Waals surface area contributed by atoms with Gasteiger partial charge >= 0.3 is 0 Å². The van der Waals surface area contributed by atoms with Crippen molar-refractivity contribution in [2.45, 2.75) is 41.0 Å². The molecule has 2 nitrogen and oxygen atoms in total. The van der Waals surface area contributed by atoms with Gasteiger partial charge < -0.3 is 4.90 Å². The van der Waals surface area contributed by atoms with Crippen LogP contribution in [0.25, 0.3) is 0 Å². The molecule has 0 spiro atoms. The Labute approximate surface area is 88.7 Å². The van der Waals surface area contributed by atoms with Gasteiger partial charge in [-0.2, -0.15) is 0 Å². The fraction of sp³-hybridized carbons (Fsp3) is 0.917. The van der Waals surface area contributed by atoms with Gasteiger partial charge in [0, 0.05) is 12.0 Å². The van der Waals surface area contributed by atoms with Gasteiger partial charge in [-0.05, 0) is 32.9 Å². The Morgan fingerprint density at radius 1 is 1.36 bits per heavy atom. The number of Topliss-reactive ketones (excluding diaryl/α,β-unsaturated/α-hetero) is 1. The first kappa shape index (κ1) is 13.6. The van der Waals surface area contributed by atoms with Crippen LogP contribution >= 0.6 is 0 Å². The number of hydrogen-bond donors (Lipinski definition) is 0. The maximum Gasteiger partial charge on any atom is 0.136 e. The van der Waals surface area contributed by atoms with Crippen molar-refractivity contribution in [1.82, 2.24) is 4.90 Å². The van der Waals surface area contributed by atoms with Gasteiger partial charge in [0.1, 0.15) is 5.78 Å². The normalized spacial score (nSPS) is 12.6. The van der Waals surface area contributed by atoms with Gasteiger partial charge in [-0.15, -0.1) is 0 Å². The third kappa shape index (κ3) is 5.38. The highest BCUT2D eigenvalue weighted by Gasteiger charge is 2.24. The minimum Gasteiger partial charge on any atom is -0.305 e. The molecule has 0 aliphatic rings. The van der Waals surface area contributed by atoms with Crippen molar-refractivity contribution in [2.24, 2.45) is 11.3 Å². The fourth-order valence-electron chi connectivity index (χ4n) is 1.34. The van der Waals surface area contributed by atoms with Gasteiger partial charge in [0.05, 0.1) is 0 Å². The third-order valence-corrected chi connectivity index (χ3v) is 2.71. The first-order valence-corrected chi connectivity index (χ1v) is 5.45. The minimum atomic E-state index is -0.203. The Hall–Kier alpha value is -0.370. The van der Waals surface area contributed by atoms with E-state index < -0.39 is 0 Å². The summed E-state index contributed by atoms with van der Waals surface area (Å²) < 4.78 is 0. The Balaban J connectivity index is 3.93. The highest BCUT2D eigenvalue weighted by molar-refractivity contribution is 5.81. The lowest BCUT2D eigenvalue weighted by Gasteiger charge is -2.28. The van der Waals surface area contributed by atoms with E-state index in [4.69, 9.17) is 0 Å². The van der Waals surface area contributed by atoms with Crippen molar-refractivity contribution in [3.05, 3.63) is 0 Å². The molecule has 0 aromatic carbocycles. The second-order valence-electron chi connectivity index (χ2n) is 5.36. The molecule has 0 heterocycles. The van der Waals surface area contributed by atoms with Crippen LogP contribution in [0.2, 0.25) is 0 Å². The quantitative estimate of drug-likeness (QED) is 0.655. The van der Waals surface area contributed by atoms with Crippen LogP contribution in [0.3, 0.4) is 0 Å². The molecule has 0 amide bonds. The molecule has 0 atom stereocenters. The molecule has 0 aliphatic carbocycles.